The second kappa shape index (κ2) is 6.78. The third-order valence-electron chi connectivity index (χ3n) is 1.32. The summed E-state index contributed by atoms with van der Waals surface area (Å²) < 4.78 is 0. The van der Waals surface area contributed by atoms with Crippen LogP contribution in [0.3, 0.4) is 0 Å². The maximum Gasteiger partial charge on any atom is 0.00344 e. The molecule has 0 nitrogen and oxygen atoms in total. The molecule has 0 aliphatic carbocycles. The molecular weight excluding hydrogens is 152 g/mol. The van der Waals surface area contributed by atoms with Crippen molar-refractivity contribution in [1.82, 2.24) is 0 Å². The lowest BCUT2D eigenvalue weighted by Crippen LogP contribution is -1.88. The van der Waals surface area contributed by atoms with Gasteiger partial charge in [-0.3, -0.25) is 0 Å². The van der Waals surface area contributed by atoms with Gasteiger partial charge in [-0.25, -0.2) is 0 Å². The number of thioether (sulfide) groups is 1. The number of hydrogen-bond donors (Lipinski definition) is 0. The molecule has 0 saturated heterocycles. The van der Waals surface area contributed by atoms with Crippen molar-refractivity contribution in [2.45, 2.75) is 52.2 Å². The Balaban J connectivity index is 3.79. The van der Waals surface area contributed by atoms with E-state index in [0.29, 0.717) is 0 Å². The Morgan fingerprint density at radius 3 is 2.36 bits per heavy atom. The van der Waals surface area contributed by atoms with Crippen LogP contribution in [0.25, 0.3) is 0 Å². The summed E-state index contributed by atoms with van der Waals surface area (Å²) in [7, 11) is 0. The van der Waals surface area contributed by atoms with Crippen molar-refractivity contribution < 1.29 is 0 Å². The molecule has 0 N–H and O–H groups in total. The van der Waals surface area contributed by atoms with Gasteiger partial charge in [0.15, 0.2) is 0 Å². The molecule has 0 aromatic heterocycles. The van der Waals surface area contributed by atoms with Crippen molar-refractivity contribution in [2.75, 3.05) is 0 Å². The van der Waals surface area contributed by atoms with E-state index in [1.54, 1.807) is 4.91 Å². The minimum atomic E-state index is 0.736. The molecule has 0 atom stereocenters. The fourth-order valence-corrected chi connectivity index (χ4v) is 2.18. The Morgan fingerprint density at radius 1 is 1.36 bits per heavy atom. The fraction of sp³-hybridized carbons (Fsp3) is 0.800. The summed E-state index contributed by atoms with van der Waals surface area (Å²) in [5.41, 5.74) is 0. The van der Waals surface area contributed by atoms with Crippen LogP contribution in [0.5, 0.6) is 0 Å². The van der Waals surface area contributed by atoms with Crippen LogP contribution in [0.2, 0.25) is 0 Å². The highest BCUT2D eigenvalue weighted by atomic mass is 32.2. The molecule has 0 bridgehead atoms. The second-order valence-corrected chi connectivity index (χ2v) is 4.70. The van der Waals surface area contributed by atoms with Gasteiger partial charge < -0.3 is 0 Å². The molecule has 0 rings (SSSR count). The van der Waals surface area contributed by atoms with Gasteiger partial charge in [0, 0.05) is 5.25 Å². The van der Waals surface area contributed by atoms with Crippen LogP contribution in [-0.4, -0.2) is 5.25 Å². The van der Waals surface area contributed by atoms with E-state index < -0.39 is 0 Å². The minimum absolute atomic E-state index is 0.736. The summed E-state index contributed by atoms with van der Waals surface area (Å²) in [5, 5.41) is 0.736. The molecule has 0 amide bonds. The molecule has 11 heavy (non-hydrogen) atoms. The SMILES string of the molecule is CC/C=C(\CCC)SC(C)C. The van der Waals surface area contributed by atoms with Gasteiger partial charge in [0.2, 0.25) is 0 Å². The molecule has 0 radical (unpaired) electrons. The smallest absolute Gasteiger partial charge is 0.00344 e. The normalized spacial score (nSPS) is 12.6. The average Bonchev–Trinajstić information content (AvgIpc) is 1.87. The van der Waals surface area contributed by atoms with E-state index in [0.717, 1.165) is 5.25 Å². The summed E-state index contributed by atoms with van der Waals surface area (Å²) in [4.78, 5) is 1.57. The van der Waals surface area contributed by atoms with Gasteiger partial charge in [-0.15, -0.1) is 11.8 Å². The van der Waals surface area contributed by atoms with E-state index in [4.69, 9.17) is 0 Å². The molecule has 1 heteroatoms. The summed E-state index contributed by atoms with van der Waals surface area (Å²) in [6, 6.07) is 0. The second-order valence-electron chi connectivity index (χ2n) is 3.00. The lowest BCUT2D eigenvalue weighted by atomic mass is 10.3. The van der Waals surface area contributed by atoms with E-state index in [-0.39, 0.29) is 0 Å². The van der Waals surface area contributed by atoms with Crippen LogP contribution in [0, 0.1) is 0 Å². The fourth-order valence-electron chi connectivity index (χ4n) is 0.986. The molecule has 0 heterocycles. The van der Waals surface area contributed by atoms with Gasteiger partial charge in [-0.1, -0.05) is 40.2 Å². The van der Waals surface area contributed by atoms with Crippen LogP contribution < -0.4 is 0 Å². The molecular formula is C10H20S. The first-order chi connectivity index (χ1) is 5.20. The van der Waals surface area contributed by atoms with Crippen molar-refractivity contribution in [1.29, 1.82) is 0 Å². The first kappa shape index (κ1) is 11.1. The molecule has 0 aliphatic rings. The van der Waals surface area contributed by atoms with Crippen molar-refractivity contribution >= 4 is 11.8 Å². The van der Waals surface area contributed by atoms with Gasteiger partial charge in [-0.2, -0.15) is 0 Å². The summed E-state index contributed by atoms with van der Waals surface area (Å²) in [5.74, 6) is 0. The monoisotopic (exact) mass is 172 g/mol. The Labute approximate surface area is 75.5 Å². The van der Waals surface area contributed by atoms with Gasteiger partial charge in [0.25, 0.3) is 0 Å². The highest BCUT2D eigenvalue weighted by Gasteiger charge is 1.99. The zero-order valence-electron chi connectivity index (χ0n) is 8.18. The Kier molecular flexibility index (Phi) is 6.83. The van der Waals surface area contributed by atoms with Crippen molar-refractivity contribution in [3.63, 3.8) is 0 Å². The van der Waals surface area contributed by atoms with Crippen LogP contribution in [0.4, 0.5) is 0 Å². The number of hydrogen-bond acceptors (Lipinski definition) is 1. The third-order valence-corrected chi connectivity index (χ3v) is 2.46. The van der Waals surface area contributed by atoms with Crippen LogP contribution >= 0.6 is 11.8 Å². The van der Waals surface area contributed by atoms with E-state index in [9.17, 15) is 0 Å². The van der Waals surface area contributed by atoms with Gasteiger partial charge in [0.05, 0.1) is 0 Å². The van der Waals surface area contributed by atoms with Crippen LogP contribution in [0.15, 0.2) is 11.0 Å². The predicted molar refractivity (Wildman–Crippen MR) is 56.0 cm³/mol. The molecule has 0 fully saturated rings. The third kappa shape index (κ3) is 6.49. The maximum atomic E-state index is 2.36. The summed E-state index contributed by atoms with van der Waals surface area (Å²) in [6.07, 6.45) is 6.06. The first-order valence-corrected chi connectivity index (χ1v) is 5.44. The zero-order valence-corrected chi connectivity index (χ0v) is 9.00. The standard InChI is InChI=1S/C10H20S/c1-5-7-10(8-6-2)11-9(3)4/h7,9H,5-6,8H2,1-4H3/b10-7+. The Morgan fingerprint density at radius 2 is 2.00 bits per heavy atom. The first-order valence-electron chi connectivity index (χ1n) is 4.56. The molecule has 0 spiro atoms. The predicted octanol–water partition coefficient (Wildman–Crippen LogP) is 4.22. The summed E-state index contributed by atoms with van der Waals surface area (Å²) >= 11 is 2.01. The maximum absolute atomic E-state index is 2.36. The lowest BCUT2D eigenvalue weighted by molar-refractivity contribution is 0.936. The van der Waals surface area contributed by atoms with E-state index in [1.807, 2.05) is 11.8 Å². The topological polar surface area (TPSA) is 0 Å². The van der Waals surface area contributed by atoms with Gasteiger partial charge in [-0.05, 0) is 17.7 Å². The van der Waals surface area contributed by atoms with Crippen molar-refractivity contribution in [2.24, 2.45) is 0 Å². The molecule has 66 valence electrons. The molecule has 0 unspecified atom stereocenters. The lowest BCUT2D eigenvalue weighted by Gasteiger charge is -2.07. The van der Waals surface area contributed by atoms with E-state index in [2.05, 4.69) is 33.8 Å². The van der Waals surface area contributed by atoms with Gasteiger partial charge >= 0.3 is 0 Å². The molecule has 0 aromatic rings. The average molecular weight is 172 g/mol. The van der Waals surface area contributed by atoms with Crippen LogP contribution in [0.1, 0.15) is 47.0 Å². The highest BCUT2D eigenvalue weighted by molar-refractivity contribution is 8.03. The summed E-state index contributed by atoms with van der Waals surface area (Å²) in [6.45, 7) is 8.95. The van der Waals surface area contributed by atoms with Gasteiger partial charge in [0.1, 0.15) is 0 Å². The quantitative estimate of drug-likeness (QED) is 0.598. The minimum Gasteiger partial charge on any atom is -0.128 e. The van der Waals surface area contributed by atoms with Crippen LogP contribution in [-0.2, 0) is 0 Å². The molecule has 0 aliphatic heterocycles. The zero-order chi connectivity index (χ0) is 8.69. The molecule has 0 aromatic carbocycles. The number of allylic oxidation sites excluding steroid dienone is 2. The Bertz CT molecular complexity index is 114. The number of rotatable bonds is 5. The highest BCUT2D eigenvalue weighted by Crippen LogP contribution is 2.25. The van der Waals surface area contributed by atoms with Crippen molar-refractivity contribution in [3.8, 4) is 0 Å². The largest absolute Gasteiger partial charge is 0.128 e. The molecule has 0 saturated carbocycles. The Hall–Kier alpha value is 0.0900. The van der Waals surface area contributed by atoms with E-state index >= 15 is 0 Å². The van der Waals surface area contributed by atoms with E-state index in [1.165, 1.54) is 19.3 Å². The van der Waals surface area contributed by atoms with Crippen molar-refractivity contribution in [3.05, 3.63) is 11.0 Å².